The number of benzene rings is 2. The number of halogens is 1. The minimum absolute atomic E-state index is 0.177. The van der Waals surface area contributed by atoms with E-state index in [1.54, 1.807) is 0 Å². The van der Waals surface area contributed by atoms with Gasteiger partial charge in [0.15, 0.2) is 0 Å². The zero-order chi connectivity index (χ0) is 12.5. The Morgan fingerprint density at radius 3 is 2.56 bits per heavy atom. The summed E-state index contributed by atoms with van der Waals surface area (Å²) < 4.78 is 0. The third-order valence-corrected chi connectivity index (χ3v) is 4.56. The molecule has 0 spiro atoms. The van der Waals surface area contributed by atoms with Crippen molar-refractivity contribution in [2.75, 3.05) is 0 Å². The Hall–Kier alpha value is -1.12. The Morgan fingerprint density at radius 2 is 1.78 bits per heavy atom. The van der Waals surface area contributed by atoms with Crippen molar-refractivity contribution in [3.8, 4) is 11.1 Å². The van der Waals surface area contributed by atoms with E-state index in [4.69, 9.17) is 0 Å². The fourth-order valence-corrected chi connectivity index (χ4v) is 3.07. The Bertz CT molecular complexity index is 550. The predicted molar refractivity (Wildman–Crippen MR) is 77.9 cm³/mol. The van der Waals surface area contributed by atoms with E-state index in [1.807, 2.05) is 18.2 Å². The lowest BCUT2D eigenvalue weighted by molar-refractivity contribution is 0.165. The van der Waals surface area contributed by atoms with Crippen LogP contribution >= 0.6 is 15.9 Å². The van der Waals surface area contributed by atoms with Crippen LogP contribution in [0.4, 0.5) is 0 Å². The molecule has 0 saturated carbocycles. The van der Waals surface area contributed by atoms with Gasteiger partial charge in [0.1, 0.15) is 0 Å². The van der Waals surface area contributed by atoms with E-state index in [-0.39, 0.29) is 4.83 Å². The fourth-order valence-electron chi connectivity index (χ4n) is 2.55. The van der Waals surface area contributed by atoms with Crippen LogP contribution in [0.5, 0.6) is 0 Å². The molecule has 0 amide bonds. The number of rotatable bonds is 1. The van der Waals surface area contributed by atoms with Crippen LogP contribution in [-0.2, 0) is 6.42 Å². The Morgan fingerprint density at radius 1 is 1.00 bits per heavy atom. The molecule has 0 radical (unpaired) electrons. The van der Waals surface area contributed by atoms with Gasteiger partial charge >= 0.3 is 0 Å². The molecule has 0 aromatic heterocycles. The number of aliphatic hydroxyl groups is 1. The summed E-state index contributed by atoms with van der Waals surface area (Å²) in [6.07, 6.45) is 1.65. The third kappa shape index (κ3) is 2.11. The Kier molecular flexibility index (Phi) is 3.23. The molecular weight excluding hydrogens is 288 g/mol. The average molecular weight is 303 g/mol. The summed E-state index contributed by atoms with van der Waals surface area (Å²) in [7, 11) is 0. The van der Waals surface area contributed by atoms with Crippen LogP contribution in [0, 0.1) is 0 Å². The SMILES string of the molecule is O[C@H]1c2cc(-c3ccccc3)ccc2CC[C@@H]1Br. The maximum Gasteiger partial charge on any atom is 0.0917 e. The minimum Gasteiger partial charge on any atom is -0.387 e. The second-order valence-corrected chi connectivity index (χ2v) is 5.96. The molecule has 2 atom stereocenters. The summed E-state index contributed by atoms with van der Waals surface area (Å²) in [5, 5.41) is 10.3. The summed E-state index contributed by atoms with van der Waals surface area (Å²) in [6.45, 7) is 0. The second kappa shape index (κ2) is 4.87. The van der Waals surface area contributed by atoms with Gasteiger partial charge in [0, 0.05) is 4.83 Å². The van der Waals surface area contributed by atoms with E-state index in [2.05, 4.69) is 46.3 Å². The molecule has 92 valence electrons. The van der Waals surface area contributed by atoms with Crippen molar-refractivity contribution in [1.29, 1.82) is 0 Å². The highest BCUT2D eigenvalue weighted by Crippen LogP contribution is 2.36. The average Bonchev–Trinajstić information content (AvgIpc) is 2.44. The minimum atomic E-state index is -0.391. The summed E-state index contributed by atoms with van der Waals surface area (Å²) in [4.78, 5) is 0.177. The van der Waals surface area contributed by atoms with Crippen LogP contribution in [0.25, 0.3) is 11.1 Å². The predicted octanol–water partition coefficient (Wildman–Crippen LogP) is 4.10. The van der Waals surface area contributed by atoms with Gasteiger partial charge in [0.2, 0.25) is 0 Å². The molecular formula is C16H15BrO. The van der Waals surface area contributed by atoms with Crippen LogP contribution in [0.15, 0.2) is 48.5 Å². The molecule has 0 bridgehead atoms. The normalized spacial score (nSPS) is 22.6. The van der Waals surface area contributed by atoms with Gasteiger partial charge in [-0.3, -0.25) is 0 Å². The Labute approximate surface area is 116 Å². The lowest BCUT2D eigenvalue weighted by Crippen LogP contribution is -2.20. The first-order valence-electron chi connectivity index (χ1n) is 6.26. The first-order valence-corrected chi connectivity index (χ1v) is 7.17. The number of aryl methyl sites for hydroxylation is 1. The molecule has 0 heterocycles. The molecule has 0 saturated heterocycles. The number of alkyl halides is 1. The fraction of sp³-hybridized carbons (Fsp3) is 0.250. The van der Waals surface area contributed by atoms with Crippen molar-refractivity contribution in [3.05, 3.63) is 59.7 Å². The monoisotopic (exact) mass is 302 g/mol. The highest BCUT2D eigenvalue weighted by Gasteiger charge is 2.25. The topological polar surface area (TPSA) is 20.2 Å². The van der Waals surface area contributed by atoms with Crippen LogP contribution < -0.4 is 0 Å². The lowest BCUT2D eigenvalue weighted by Gasteiger charge is -2.26. The van der Waals surface area contributed by atoms with Crippen LogP contribution in [-0.4, -0.2) is 9.93 Å². The highest BCUT2D eigenvalue weighted by molar-refractivity contribution is 9.09. The zero-order valence-electron chi connectivity index (χ0n) is 10.0. The van der Waals surface area contributed by atoms with Gasteiger partial charge in [-0.2, -0.15) is 0 Å². The molecule has 0 aliphatic heterocycles. The van der Waals surface area contributed by atoms with Gasteiger partial charge < -0.3 is 5.11 Å². The Balaban J connectivity index is 2.05. The standard InChI is InChI=1S/C16H15BrO/c17-15-9-8-12-6-7-13(10-14(12)16(15)18)11-4-2-1-3-5-11/h1-7,10,15-16,18H,8-9H2/t15-,16-/m0/s1. The molecule has 0 fully saturated rings. The number of hydrogen-bond donors (Lipinski definition) is 1. The molecule has 3 rings (SSSR count). The van der Waals surface area contributed by atoms with Crippen molar-refractivity contribution in [2.45, 2.75) is 23.8 Å². The van der Waals surface area contributed by atoms with Crippen LogP contribution in [0.3, 0.4) is 0 Å². The van der Waals surface area contributed by atoms with Crippen molar-refractivity contribution >= 4 is 15.9 Å². The summed E-state index contributed by atoms with van der Waals surface area (Å²) >= 11 is 3.55. The van der Waals surface area contributed by atoms with Crippen molar-refractivity contribution < 1.29 is 5.11 Å². The molecule has 1 aliphatic carbocycles. The van der Waals surface area contributed by atoms with Crippen molar-refractivity contribution in [1.82, 2.24) is 0 Å². The van der Waals surface area contributed by atoms with Gasteiger partial charge in [-0.25, -0.2) is 0 Å². The van der Waals surface area contributed by atoms with Gasteiger partial charge in [0.25, 0.3) is 0 Å². The molecule has 1 aliphatic rings. The highest BCUT2D eigenvalue weighted by atomic mass is 79.9. The van der Waals surface area contributed by atoms with Crippen LogP contribution in [0.1, 0.15) is 23.7 Å². The summed E-state index contributed by atoms with van der Waals surface area (Å²) in [6, 6.07) is 16.7. The van der Waals surface area contributed by atoms with Gasteiger partial charge in [0.05, 0.1) is 6.10 Å². The first kappa shape index (κ1) is 11.9. The van der Waals surface area contributed by atoms with E-state index < -0.39 is 6.10 Å². The maximum atomic E-state index is 10.3. The van der Waals surface area contributed by atoms with Gasteiger partial charge in [-0.1, -0.05) is 58.4 Å². The largest absolute Gasteiger partial charge is 0.387 e. The van der Waals surface area contributed by atoms with Gasteiger partial charge in [-0.15, -0.1) is 0 Å². The molecule has 1 nitrogen and oxygen atoms in total. The lowest BCUT2D eigenvalue weighted by atomic mass is 9.87. The molecule has 1 N–H and O–H groups in total. The van der Waals surface area contributed by atoms with Gasteiger partial charge in [-0.05, 0) is 41.2 Å². The van der Waals surface area contributed by atoms with E-state index in [0.717, 1.165) is 18.4 Å². The van der Waals surface area contributed by atoms with E-state index in [9.17, 15) is 5.11 Å². The van der Waals surface area contributed by atoms with E-state index in [0.29, 0.717) is 0 Å². The molecule has 2 aromatic carbocycles. The smallest absolute Gasteiger partial charge is 0.0917 e. The zero-order valence-corrected chi connectivity index (χ0v) is 11.6. The first-order chi connectivity index (χ1) is 8.75. The van der Waals surface area contributed by atoms with Crippen molar-refractivity contribution in [3.63, 3.8) is 0 Å². The third-order valence-electron chi connectivity index (χ3n) is 3.60. The number of fused-ring (bicyclic) bond motifs is 1. The second-order valence-electron chi connectivity index (χ2n) is 4.78. The maximum absolute atomic E-state index is 10.3. The van der Waals surface area contributed by atoms with Crippen molar-refractivity contribution in [2.24, 2.45) is 0 Å². The van der Waals surface area contributed by atoms with Crippen LogP contribution in [0.2, 0.25) is 0 Å². The van der Waals surface area contributed by atoms with E-state index >= 15 is 0 Å². The number of aliphatic hydroxyl groups excluding tert-OH is 1. The molecule has 18 heavy (non-hydrogen) atoms. The summed E-state index contributed by atoms with van der Waals surface area (Å²) in [5.41, 5.74) is 4.72. The number of hydrogen-bond acceptors (Lipinski definition) is 1. The molecule has 2 heteroatoms. The quantitative estimate of drug-likeness (QED) is 0.787. The molecule has 0 unspecified atom stereocenters. The van der Waals surface area contributed by atoms with E-state index in [1.165, 1.54) is 16.7 Å². The summed E-state index contributed by atoms with van der Waals surface area (Å²) in [5.74, 6) is 0. The molecule has 2 aromatic rings.